The van der Waals surface area contributed by atoms with E-state index in [-0.39, 0.29) is 45.2 Å². The van der Waals surface area contributed by atoms with E-state index in [1.54, 1.807) is 37.6 Å². The lowest BCUT2D eigenvalue weighted by molar-refractivity contribution is -0.145. The minimum absolute atomic E-state index is 0.000400. The molecule has 1 unspecified atom stereocenters. The standard InChI is InChI=1S/C28H38N4O8S/c1-17-24(41-16-30-17)19-7-5-18(6-8-19)12-29-26(37)21-11-20(33)13-32(21)27(38)25(28(2,3)4)31-22(34)14-39-9-10-40-15-23(35)36/h5-8,16,20-21,25,33H,9-15H2,1-4H3,(H,29,37)(H,31,34)(H,35,36)/t20-,21-,25?/m0/s1. The summed E-state index contributed by atoms with van der Waals surface area (Å²) in [5, 5.41) is 24.5. The summed E-state index contributed by atoms with van der Waals surface area (Å²) in [4.78, 5) is 56.5. The summed E-state index contributed by atoms with van der Waals surface area (Å²) in [7, 11) is 0. The third-order valence-corrected chi connectivity index (χ3v) is 7.52. The molecule has 1 aliphatic heterocycles. The van der Waals surface area contributed by atoms with Crippen LogP contribution in [0.3, 0.4) is 0 Å². The van der Waals surface area contributed by atoms with E-state index in [1.807, 2.05) is 31.2 Å². The lowest BCUT2D eigenvalue weighted by Gasteiger charge is -2.35. The number of nitrogens with zero attached hydrogens (tertiary/aromatic N) is 2. The van der Waals surface area contributed by atoms with Crippen molar-refractivity contribution in [1.82, 2.24) is 20.5 Å². The molecule has 1 fully saturated rings. The van der Waals surface area contributed by atoms with Gasteiger partial charge in [-0.1, -0.05) is 45.0 Å². The zero-order chi connectivity index (χ0) is 30.2. The monoisotopic (exact) mass is 590 g/mol. The molecule has 2 aromatic rings. The molecule has 1 saturated heterocycles. The van der Waals surface area contributed by atoms with Gasteiger partial charge >= 0.3 is 5.97 Å². The first-order chi connectivity index (χ1) is 19.4. The molecule has 41 heavy (non-hydrogen) atoms. The second-order valence-electron chi connectivity index (χ2n) is 10.9. The van der Waals surface area contributed by atoms with Crippen LogP contribution in [0.4, 0.5) is 0 Å². The van der Waals surface area contributed by atoms with Gasteiger partial charge in [0.05, 0.1) is 35.4 Å². The van der Waals surface area contributed by atoms with Crippen LogP contribution in [0, 0.1) is 12.3 Å². The quantitative estimate of drug-likeness (QED) is 0.252. The molecular formula is C28H38N4O8S. The van der Waals surface area contributed by atoms with Gasteiger partial charge in [-0.25, -0.2) is 9.78 Å². The van der Waals surface area contributed by atoms with Crippen molar-refractivity contribution in [2.24, 2.45) is 5.41 Å². The molecule has 2 heterocycles. The van der Waals surface area contributed by atoms with E-state index >= 15 is 0 Å². The fourth-order valence-corrected chi connectivity index (χ4v) is 5.24. The van der Waals surface area contributed by atoms with Gasteiger partial charge in [0.15, 0.2) is 0 Å². The third kappa shape index (κ3) is 9.32. The van der Waals surface area contributed by atoms with Gasteiger partial charge in [-0.2, -0.15) is 0 Å². The number of benzene rings is 1. The molecule has 1 aromatic heterocycles. The highest BCUT2D eigenvalue weighted by Gasteiger charge is 2.44. The Hall–Kier alpha value is -3.39. The first-order valence-corrected chi connectivity index (χ1v) is 14.2. The first-order valence-electron chi connectivity index (χ1n) is 13.3. The number of aliphatic hydroxyl groups excluding tert-OH is 1. The van der Waals surface area contributed by atoms with Crippen LogP contribution in [0.2, 0.25) is 0 Å². The number of likely N-dealkylation sites (tertiary alicyclic amines) is 1. The predicted octanol–water partition coefficient (Wildman–Crippen LogP) is 1.35. The number of aryl methyl sites for hydroxylation is 1. The summed E-state index contributed by atoms with van der Waals surface area (Å²) in [6.07, 6.45) is -0.784. The number of carbonyl (C=O) groups is 4. The Balaban J connectivity index is 1.58. The summed E-state index contributed by atoms with van der Waals surface area (Å²) in [6, 6.07) is 5.92. The maximum absolute atomic E-state index is 13.6. The Bertz CT molecular complexity index is 1210. The molecule has 0 radical (unpaired) electrons. The van der Waals surface area contributed by atoms with Crippen LogP contribution in [0.5, 0.6) is 0 Å². The fourth-order valence-electron chi connectivity index (χ4n) is 4.43. The number of aromatic nitrogens is 1. The maximum atomic E-state index is 13.6. The average molecular weight is 591 g/mol. The number of thiazole rings is 1. The molecular weight excluding hydrogens is 552 g/mol. The Morgan fingerprint density at radius 1 is 1.12 bits per heavy atom. The van der Waals surface area contributed by atoms with Gasteiger partial charge in [-0.05, 0) is 23.5 Å². The second-order valence-corrected chi connectivity index (χ2v) is 11.8. The van der Waals surface area contributed by atoms with Crippen molar-refractivity contribution in [1.29, 1.82) is 0 Å². The number of rotatable bonds is 13. The molecule has 0 bridgehead atoms. The topological polar surface area (TPSA) is 167 Å². The number of β-amino-alcohol motifs (C(OH)–C–C–N with tert-alkyl or cyclic N) is 1. The lowest BCUT2D eigenvalue weighted by Crippen LogP contribution is -2.58. The van der Waals surface area contributed by atoms with Crippen LogP contribution in [0.25, 0.3) is 10.4 Å². The zero-order valence-electron chi connectivity index (χ0n) is 23.7. The summed E-state index contributed by atoms with van der Waals surface area (Å²) < 4.78 is 10.1. The van der Waals surface area contributed by atoms with Crippen LogP contribution in [-0.4, -0.2) is 94.9 Å². The molecule has 224 valence electrons. The van der Waals surface area contributed by atoms with Gasteiger partial charge in [0.25, 0.3) is 0 Å². The Labute approximate surface area is 243 Å². The molecule has 0 spiro atoms. The Kier molecular flexibility index (Phi) is 11.4. The number of carboxylic acids is 1. The molecule has 0 aliphatic carbocycles. The summed E-state index contributed by atoms with van der Waals surface area (Å²) in [6.45, 7) is 6.72. The van der Waals surface area contributed by atoms with E-state index in [0.717, 1.165) is 21.7 Å². The minimum atomic E-state index is -1.11. The smallest absolute Gasteiger partial charge is 0.329 e. The number of hydrogen-bond acceptors (Lipinski definition) is 9. The van der Waals surface area contributed by atoms with Crippen molar-refractivity contribution in [3.05, 3.63) is 41.0 Å². The van der Waals surface area contributed by atoms with Crippen LogP contribution in [0.15, 0.2) is 29.8 Å². The summed E-state index contributed by atoms with van der Waals surface area (Å²) in [5.41, 5.74) is 3.98. The number of ether oxygens (including phenoxy) is 2. The number of amides is 3. The molecule has 1 aromatic carbocycles. The van der Waals surface area contributed by atoms with Crippen molar-refractivity contribution >= 4 is 35.0 Å². The lowest BCUT2D eigenvalue weighted by atomic mass is 9.85. The van der Waals surface area contributed by atoms with Gasteiger partial charge in [0, 0.05) is 19.5 Å². The first kappa shape index (κ1) is 32.1. The third-order valence-electron chi connectivity index (χ3n) is 6.54. The number of carboxylic acid groups (broad SMARTS) is 1. The van der Waals surface area contributed by atoms with Crippen molar-refractivity contribution in [2.75, 3.05) is 33.0 Å². The normalized spacial score (nSPS) is 17.7. The van der Waals surface area contributed by atoms with Crippen LogP contribution in [-0.2, 0) is 35.2 Å². The van der Waals surface area contributed by atoms with E-state index in [2.05, 4.69) is 15.6 Å². The highest BCUT2D eigenvalue weighted by molar-refractivity contribution is 7.13. The predicted molar refractivity (Wildman–Crippen MR) is 151 cm³/mol. The van der Waals surface area contributed by atoms with Crippen LogP contribution < -0.4 is 10.6 Å². The molecule has 0 saturated carbocycles. The number of hydrogen-bond donors (Lipinski definition) is 4. The van der Waals surface area contributed by atoms with E-state index in [9.17, 15) is 24.3 Å². The maximum Gasteiger partial charge on any atom is 0.329 e. The number of carbonyl (C=O) groups excluding carboxylic acids is 3. The molecule has 3 amide bonds. The van der Waals surface area contributed by atoms with E-state index in [0.29, 0.717) is 0 Å². The second kappa shape index (κ2) is 14.5. The van der Waals surface area contributed by atoms with Crippen molar-refractivity contribution in [3.8, 4) is 10.4 Å². The van der Waals surface area contributed by atoms with E-state index in [1.165, 1.54) is 4.90 Å². The Morgan fingerprint density at radius 2 is 1.78 bits per heavy atom. The SMILES string of the molecule is Cc1ncsc1-c1ccc(CNC(=O)[C@@H]2C[C@H](O)CN2C(=O)C(NC(=O)COCCOCC(=O)O)C(C)(C)C)cc1. The van der Waals surface area contributed by atoms with Gasteiger partial charge < -0.3 is 35.2 Å². The van der Waals surface area contributed by atoms with E-state index < -0.39 is 48.0 Å². The average Bonchev–Trinajstić information content (AvgIpc) is 3.52. The Morgan fingerprint density at radius 3 is 2.37 bits per heavy atom. The summed E-state index contributed by atoms with van der Waals surface area (Å²) >= 11 is 1.56. The molecule has 3 rings (SSSR count). The highest BCUT2D eigenvalue weighted by atomic mass is 32.1. The molecule has 3 atom stereocenters. The number of aliphatic carboxylic acids is 1. The van der Waals surface area contributed by atoms with Crippen LogP contribution in [0.1, 0.15) is 38.4 Å². The largest absolute Gasteiger partial charge is 0.480 e. The fraction of sp³-hybridized carbons (Fsp3) is 0.536. The van der Waals surface area contributed by atoms with Crippen molar-refractivity contribution in [3.63, 3.8) is 0 Å². The van der Waals surface area contributed by atoms with Crippen molar-refractivity contribution < 1.29 is 38.9 Å². The number of nitrogens with one attached hydrogen (secondary N) is 2. The van der Waals surface area contributed by atoms with Gasteiger partial charge in [-0.15, -0.1) is 11.3 Å². The molecule has 1 aliphatic rings. The van der Waals surface area contributed by atoms with Gasteiger partial charge in [0.1, 0.15) is 25.3 Å². The van der Waals surface area contributed by atoms with Gasteiger partial charge in [0.2, 0.25) is 17.7 Å². The highest BCUT2D eigenvalue weighted by Crippen LogP contribution is 2.28. The zero-order valence-corrected chi connectivity index (χ0v) is 24.5. The molecule has 12 nitrogen and oxygen atoms in total. The molecule has 4 N–H and O–H groups in total. The van der Waals surface area contributed by atoms with E-state index in [4.69, 9.17) is 14.6 Å². The van der Waals surface area contributed by atoms with Crippen LogP contribution >= 0.6 is 11.3 Å². The molecule has 13 heteroatoms. The summed E-state index contributed by atoms with van der Waals surface area (Å²) in [5.74, 6) is -2.52. The number of aliphatic hydroxyl groups is 1. The van der Waals surface area contributed by atoms with Crippen molar-refractivity contribution in [2.45, 2.75) is 58.8 Å². The minimum Gasteiger partial charge on any atom is -0.480 e. The van der Waals surface area contributed by atoms with Gasteiger partial charge in [-0.3, -0.25) is 14.4 Å².